The lowest BCUT2D eigenvalue weighted by Gasteiger charge is -2.35. The van der Waals surface area contributed by atoms with E-state index >= 15 is 0 Å². The van der Waals surface area contributed by atoms with Crippen LogP contribution in [0.2, 0.25) is 0 Å². The lowest BCUT2D eigenvalue weighted by atomic mass is 9.69. The van der Waals surface area contributed by atoms with Crippen LogP contribution in [0.4, 0.5) is 4.39 Å². The van der Waals surface area contributed by atoms with Gasteiger partial charge in [-0.1, -0.05) is 16.9 Å². The molecule has 0 N–H and O–H groups in total. The largest absolute Gasteiger partial charge is 0.591 e. The van der Waals surface area contributed by atoms with Gasteiger partial charge in [0.1, 0.15) is 21.9 Å². The first-order valence-corrected chi connectivity index (χ1v) is 11.3. The van der Waals surface area contributed by atoms with E-state index in [1.54, 1.807) is 12.1 Å². The van der Waals surface area contributed by atoms with Gasteiger partial charge in [-0.2, -0.15) is 5.10 Å². The summed E-state index contributed by atoms with van der Waals surface area (Å²) in [6.45, 7) is 8.17. The Morgan fingerprint density at radius 1 is 1.34 bits per heavy atom. The molecule has 154 valence electrons. The standard InChI is InChI=1S/C23H28FN3OS/c1-22(2,3)29(28)26-12-11-17-5-6-18-13-21-16(14-23(17,18)4)15-25-27(21)20-9-7-19(24)8-10-20/h7-10,12-13,15,17H,5-6,11,14H2,1-4H3/b26-12+/t17-,23?,29?/m1/s1. The Hall–Kier alpha value is -1.92. The molecule has 1 aromatic carbocycles. The summed E-state index contributed by atoms with van der Waals surface area (Å²) in [5.41, 5.74) is 4.73. The molecule has 0 amide bonds. The zero-order valence-corrected chi connectivity index (χ0v) is 18.3. The van der Waals surface area contributed by atoms with Crippen molar-refractivity contribution < 1.29 is 8.94 Å². The fourth-order valence-corrected chi connectivity index (χ4v) is 5.03. The average molecular weight is 414 g/mol. The van der Waals surface area contributed by atoms with Gasteiger partial charge in [0.05, 0.1) is 23.8 Å². The number of hydrogen-bond donors (Lipinski definition) is 0. The first kappa shape index (κ1) is 20.4. The second-order valence-electron chi connectivity index (χ2n) is 9.33. The maximum absolute atomic E-state index is 13.3. The summed E-state index contributed by atoms with van der Waals surface area (Å²) >= 11 is -1.20. The molecule has 1 saturated carbocycles. The van der Waals surface area contributed by atoms with Crippen LogP contribution in [0.3, 0.4) is 0 Å². The minimum absolute atomic E-state index is 0.0822. The van der Waals surface area contributed by atoms with Gasteiger partial charge < -0.3 is 4.55 Å². The van der Waals surface area contributed by atoms with Crippen LogP contribution in [-0.4, -0.2) is 25.3 Å². The van der Waals surface area contributed by atoms with Crippen molar-refractivity contribution in [2.24, 2.45) is 15.7 Å². The van der Waals surface area contributed by atoms with Gasteiger partial charge in [0.25, 0.3) is 0 Å². The number of nitrogens with zero attached hydrogens (tertiary/aromatic N) is 3. The molecular weight excluding hydrogens is 385 g/mol. The van der Waals surface area contributed by atoms with Crippen molar-refractivity contribution >= 4 is 23.7 Å². The van der Waals surface area contributed by atoms with E-state index in [0.29, 0.717) is 5.92 Å². The molecule has 0 spiro atoms. The number of allylic oxidation sites excluding steroid dienone is 1. The predicted molar refractivity (Wildman–Crippen MR) is 117 cm³/mol. The zero-order valence-electron chi connectivity index (χ0n) is 17.5. The van der Waals surface area contributed by atoms with Gasteiger partial charge in [0.15, 0.2) is 0 Å². The Morgan fingerprint density at radius 3 is 2.76 bits per heavy atom. The summed E-state index contributed by atoms with van der Waals surface area (Å²) in [5, 5.41) is 4.58. The Balaban J connectivity index is 1.55. The van der Waals surface area contributed by atoms with Crippen molar-refractivity contribution in [1.29, 1.82) is 0 Å². The molecule has 2 unspecified atom stereocenters. The molecule has 6 heteroatoms. The van der Waals surface area contributed by atoms with Gasteiger partial charge >= 0.3 is 0 Å². The van der Waals surface area contributed by atoms with Crippen molar-refractivity contribution in [3.63, 3.8) is 0 Å². The molecule has 4 rings (SSSR count). The highest BCUT2D eigenvalue weighted by molar-refractivity contribution is 7.91. The van der Waals surface area contributed by atoms with Gasteiger partial charge in [-0.3, -0.25) is 0 Å². The smallest absolute Gasteiger partial charge is 0.144 e. The van der Waals surface area contributed by atoms with E-state index in [-0.39, 0.29) is 16.0 Å². The van der Waals surface area contributed by atoms with Crippen LogP contribution in [0.15, 0.2) is 40.4 Å². The molecule has 29 heavy (non-hydrogen) atoms. The first-order valence-electron chi connectivity index (χ1n) is 10.2. The molecule has 2 aromatic rings. The molecule has 1 heterocycles. The molecule has 1 fully saturated rings. The summed E-state index contributed by atoms with van der Waals surface area (Å²) in [5.74, 6) is 0.241. The van der Waals surface area contributed by atoms with Gasteiger partial charge in [0.2, 0.25) is 0 Å². The van der Waals surface area contributed by atoms with Crippen LogP contribution >= 0.6 is 0 Å². The monoisotopic (exact) mass is 413 g/mol. The van der Waals surface area contributed by atoms with Crippen LogP contribution in [0.5, 0.6) is 0 Å². The summed E-state index contributed by atoms with van der Waals surface area (Å²) in [7, 11) is 0. The molecule has 0 saturated heterocycles. The number of rotatable bonds is 4. The second kappa shape index (κ2) is 7.40. The predicted octanol–water partition coefficient (Wildman–Crippen LogP) is 5.29. The first-order chi connectivity index (χ1) is 13.7. The molecule has 0 aliphatic heterocycles. The highest BCUT2D eigenvalue weighted by Crippen LogP contribution is 2.54. The number of aromatic nitrogens is 2. The minimum Gasteiger partial charge on any atom is -0.591 e. The van der Waals surface area contributed by atoms with Crippen molar-refractivity contribution in [2.45, 2.75) is 58.1 Å². The molecule has 1 aromatic heterocycles. The number of fused-ring (bicyclic) bond motifs is 2. The average Bonchev–Trinajstić information content (AvgIpc) is 3.20. The highest BCUT2D eigenvalue weighted by atomic mass is 32.2. The van der Waals surface area contributed by atoms with E-state index in [2.05, 4.69) is 22.5 Å². The maximum Gasteiger partial charge on any atom is 0.144 e. The Morgan fingerprint density at radius 2 is 2.07 bits per heavy atom. The van der Waals surface area contributed by atoms with E-state index in [0.717, 1.165) is 37.1 Å². The lowest BCUT2D eigenvalue weighted by molar-refractivity contribution is 0.280. The van der Waals surface area contributed by atoms with E-state index in [1.807, 2.05) is 37.9 Å². The third kappa shape index (κ3) is 3.80. The number of halogens is 1. The van der Waals surface area contributed by atoms with E-state index in [9.17, 15) is 8.94 Å². The Labute approximate surface area is 175 Å². The molecule has 3 atom stereocenters. The SMILES string of the molecule is CC12Cc3cnn(-c4ccc(F)cc4)c3C=C1CC[C@@H]2C/C=N/[S+]([O-])C(C)(C)C. The van der Waals surface area contributed by atoms with Crippen molar-refractivity contribution in [1.82, 2.24) is 9.78 Å². The van der Waals surface area contributed by atoms with Crippen LogP contribution in [0.1, 0.15) is 58.2 Å². The van der Waals surface area contributed by atoms with Crippen molar-refractivity contribution in [3.05, 3.63) is 53.1 Å². The van der Waals surface area contributed by atoms with Gasteiger partial charge in [-0.05, 0) is 93.7 Å². The van der Waals surface area contributed by atoms with Crippen molar-refractivity contribution in [2.75, 3.05) is 0 Å². The van der Waals surface area contributed by atoms with Gasteiger partial charge in [-0.15, -0.1) is 0 Å². The number of hydrogen-bond acceptors (Lipinski definition) is 3. The topological polar surface area (TPSA) is 53.2 Å². The van der Waals surface area contributed by atoms with E-state index in [4.69, 9.17) is 0 Å². The van der Waals surface area contributed by atoms with Crippen LogP contribution in [0.25, 0.3) is 11.8 Å². The van der Waals surface area contributed by atoms with Crippen LogP contribution in [0, 0.1) is 17.2 Å². The normalized spacial score (nSPS) is 25.0. The quantitative estimate of drug-likeness (QED) is 0.505. The van der Waals surface area contributed by atoms with Gasteiger partial charge in [0, 0.05) is 0 Å². The van der Waals surface area contributed by atoms with E-state index < -0.39 is 11.4 Å². The molecule has 2 aliphatic carbocycles. The van der Waals surface area contributed by atoms with Crippen LogP contribution in [-0.2, 0) is 17.8 Å². The Kier molecular flexibility index (Phi) is 5.20. The van der Waals surface area contributed by atoms with E-state index in [1.165, 1.54) is 23.3 Å². The molecule has 0 radical (unpaired) electrons. The molecule has 4 nitrogen and oxygen atoms in total. The zero-order chi connectivity index (χ0) is 20.8. The summed E-state index contributed by atoms with van der Waals surface area (Å²) in [4.78, 5) is 0. The van der Waals surface area contributed by atoms with Crippen LogP contribution < -0.4 is 0 Å². The second-order valence-corrected chi connectivity index (χ2v) is 11.3. The third-order valence-corrected chi connectivity index (χ3v) is 7.70. The summed E-state index contributed by atoms with van der Waals surface area (Å²) in [6, 6.07) is 6.46. The summed E-state index contributed by atoms with van der Waals surface area (Å²) < 4.78 is 31.4. The fourth-order valence-electron chi connectivity index (χ4n) is 4.50. The third-order valence-electron chi connectivity index (χ3n) is 6.31. The molecule has 2 aliphatic rings. The number of benzene rings is 1. The summed E-state index contributed by atoms with van der Waals surface area (Å²) in [6.07, 6.45) is 10.1. The lowest BCUT2D eigenvalue weighted by Crippen LogP contribution is -2.29. The minimum atomic E-state index is -1.20. The van der Waals surface area contributed by atoms with Gasteiger partial charge in [-0.25, -0.2) is 9.07 Å². The highest BCUT2D eigenvalue weighted by Gasteiger charge is 2.45. The Bertz CT molecular complexity index is 957. The van der Waals surface area contributed by atoms with Crippen molar-refractivity contribution in [3.8, 4) is 5.69 Å². The fraction of sp³-hybridized carbons (Fsp3) is 0.478. The maximum atomic E-state index is 13.3. The molecular formula is C23H28FN3OS. The molecule has 0 bridgehead atoms.